The van der Waals surface area contributed by atoms with Crippen LogP contribution in [0.15, 0.2) is 0 Å². The van der Waals surface area contributed by atoms with Crippen molar-refractivity contribution in [1.82, 2.24) is 9.62 Å². The summed E-state index contributed by atoms with van der Waals surface area (Å²) in [5.41, 5.74) is 0. The Morgan fingerprint density at radius 1 is 1.39 bits per heavy atom. The molecule has 18 heavy (non-hydrogen) atoms. The van der Waals surface area contributed by atoms with Crippen molar-refractivity contribution in [3.63, 3.8) is 0 Å². The molecule has 1 fully saturated rings. The maximum atomic E-state index is 11.9. The molecule has 0 aliphatic carbocycles. The summed E-state index contributed by atoms with van der Waals surface area (Å²) in [5.74, 6) is -0.224. The lowest BCUT2D eigenvalue weighted by molar-refractivity contribution is -0.125. The van der Waals surface area contributed by atoms with E-state index < -0.39 is 16.1 Å². The van der Waals surface area contributed by atoms with Gasteiger partial charge in [-0.05, 0) is 25.7 Å². The standard InChI is InChI=1S/C11H22N2O4S/c1-18(16,17)13-8-4-2-6-10(13)11(15)12-7-3-5-9-14/h10,14H,2-9H2,1H3,(H,12,15). The van der Waals surface area contributed by atoms with E-state index in [-0.39, 0.29) is 12.5 Å². The summed E-state index contributed by atoms with van der Waals surface area (Å²) in [5, 5.41) is 11.4. The molecule has 0 aromatic rings. The summed E-state index contributed by atoms with van der Waals surface area (Å²) < 4.78 is 24.5. The zero-order chi connectivity index (χ0) is 13.6. The van der Waals surface area contributed by atoms with Gasteiger partial charge in [0.15, 0.2) is 0 Å². The molecule has 1 amide bonds. The zero-order valence-corrected chi connectivity index (χ0v) is 11.6. The number of hydrogen-bond donors (Lipinski definition) is 2. The quantitative estimate of drug-likeness (QED) is 0.653. The van der Waals surface area contributed by atoms with Gasteiger partial charge in [-0.2, -0.15) is 4.31 Å². The van der Waals surface area contributed by atoms with Gasteiger partial charge in [-0.15, -0.1) is 0 Å². The molecule has 1 unspecified atom stereocenters. The molecule has 1 aliphatic rings. The Bertz CT molecular complexity index is 369. The van der Waals surface area contributed by atoms with E-state index in [0.717, 1.165) is 19.1 Å². The first-order valence-electron chi connectivity index (χ1n) is 6.32. The van der Waals surface area contributed by atoms with Gasteiger partial charge in [0.2, 0.25) is 15.9 Å². The van der Waals surface area contributed by atoms with Gasteiger partial charge in [-0.25, -0.2) is 8.42 Å². The Morgan fingerprint density at radius 2 is 2.11 bits per heavy atom. The fourth-order valence-corrected chi connectivity index (χ4v) is 3.25. The molecule has 0 saturated carbocycles. The minimum Gasteiger partial charge on any atom is -0.396 e. The van der Waals surface area contributed by atoms with Gasteiger partial charge < -0.3 is 10.4 Å². The molecule has 1 atom stereocenters. The molecule has 0 bridgehead atoms. The highest BCUT2D eigenvalue weighted by Crippen LogP contribution is 2.19. The van der Waals surface area contributed by atoms with Crippen molar-refractivity contribution in [3.05, 3.63) is 0 Å². The minimum atomic E-state index is -3.32. The number of carbonyl (C=O) groups is 1. The molecule has 7 heteroatoms. The van der Waals surface area contributed by atoms with Crippen LogP contribution in [0.3, 0.4) is 0 Å². The van der Waals surface area contributed by atoms with E-state index in [4.69, 9.17) is 5.11 Å². The minimum absolute atomic E-state index is 0.106. The van der Waals surface area contributed by atoms with Crippen LogP contribution in [0.4, 0.5) is 0 Å². The number of sulfonamides is 1. The molecule has 1 saturated heterocycles. The fraction of sp³-hybridized carbons (Fsp3) is 0.909. The Balaban J connectivity index is 2.53. The SMILES string of the molecule is CS(=O)(=O)N1CCCCC1C(=O)NCCCCO. The average molecular weight is 278 g/mol. The van der Waals surface area contributed by atoms with Crippen LogP contribution in [0, 0.1) is 0 Å². The molecule has 0 radical (unpaired) electrons. The first-order valence-corrected chi connectivity index (χ1v) is 8.17. The van der Waals surface area contributed by atoms with Crippen molar-refractivity contribution in [1.29, 1.82) is 0 Å². The van der Waals surface area contributed by atoms with Gasteiger partial charge in [0.1, 0.15) is 6.04 Å². The van der Waals surface area contributed by atoms with Crippen LogP contribution < -0.4 is 5.32 Å². The van der Waals surface area contributed by atoms with Crippen LogP contribution in [-0.4, -0.2) is 55.7 Å². The maximum absolute atomic E-state index is 11.9. The van der Waals surface area contributed by atoms with Crippen LogP contribution in [0.2, 0.25) is 0 Å². The lowest BCUT2D eigenvalue weighted by atomic mass is 10.0. The Hall–Kier alpha value is -0.660. The highest BCUT2D eigenvalue weighted by Gasteiger charge is 2.33. The van der Waals surface area contributed by atoms with Crippen molar-refractivity contribution in [2.75, 3.05) is 26.0 Å². The number of hydrogen-bond acceptors (Lipinski definition) is 4. The molecule has 1 rings (SSSR count). The largest absolute Gasteiger partial charge is 0.396 e. The molecule has 106 valence electrons. The molecule has 0 aromatic carbocycles. The normalized spacial score (nSPS) is 21.8. The smallest absolute Gasteiger partial charge is 0.238 e. The summed E-state index contributed by atoms with van der Waals surface area (Å²) in [4.78, 5) is 11.9. The van der Waals surface area contributed by atoms with E-state index in [0.29, 0.717) is 32.4 Å². The number of nitrogens with zero attached hydrogens (tertiary/aromatic N) is 1. The predicted octanol–water partition coefficient (Wildman–Crippen LogP) is -0.311. The molecule has 6 nitrogen and oxygen atoms in total. The van der Waals surface area contributed by atoms with Crippen LogP contribution in [0.25, 0.3) is 0 Å². The number of rotatable bonds is 6. The maximum Gasteiger partial charge on any atom is 0.238 e. The van der Waals surface area contributed by atoms with E-state index in [1.165, 1.54) is 4.31 Å². The third-order valence-corrected chi connectivity index (χ3v) is 4.36. The molecule has 2 N–H and O–H groups in total. The van der Waals surface area contributed by atoms with E-state index >= 15 is 0 Å². The number of aliphatic hydroxyl groups excluding tert-OH is 1. The fourth-order valence-electron chi connectivity index (χ4n) is 2.13. The summed E-state index contributed by atoms with van der Waals surface area (Å²) >= 11 is 0. The van der Waals surface area contributed by atoms with Gasteiger partial charge in [0.05, 0.1) is 6.26 Å². The third kappa shape index (κ3) is 4.55. The van der Waals surface area contributed by atoms with Crippen LogP contribution in [0.5, 0.6) is 0 Å². The topological polar surface area (TPSA) is 86.7 Å². The Labute approximate surface area is 108 Å². The number of carbonyl (C=O) groups excluding carboxylic acids is 1. The van der Waals surface area contributed by atoms with Crippen LogP contribution in [-0.2, 0) is 14.8 Å². The monoisotopic (exact) mass is 278 g/mol. The number of unbranched alkanes of at least 4 members (excludes halogenated alkanes) is 1. The second kappa shape index (κ2) is 7.06. The Kier molecular flexibility index (Phi) is 6.04. The Morgan fingerprint density at radius 3 is 2.72 bits per heavy atom. The van der Waals surface area contributed by atoms with Gasteiger partial charge in [0.25, 0.3) is 0 Å². The molecular weight excluding hydrogens is 256 g/mol. The summed E-state index contributed by atoms with van der Waals surface area (Å²) in [6, 6.07) is -0.567. The zero-order valence-electron chi connectivity index (χ0n) is 10.8. The molecule has 0 spiro atoms. The molecule has 0 aromatic heterocycles. The van der Waals surface area contributed by atoms with Crippen molar-refractivity contribution in [2.45, 2.75) is 38.1 Å². The molecular formula is C11H22N2O4S. The first kappa shape index (κ1) is 15.4. The second-order valence-corrected chi connectivity index (χ2v) is 6.54. The van der Waals surface area contributed by atoms with Crippen molar-refractivity contribution in [3.8, 4) is 0 Å². The van der Waals surface area contributed by atoms with Gasteiger partial charge in [-0.3, -0.25) is 4.79 Å². The van der Waals surface area contributed by atoms with Crippen molar-refractivity contribution >= 4 is 15.9 Å². The summed E-state index contributed by atoms with van der Waals surface area (Å²) in [7, 11) is -3.32. The van der Waals surface area contributed by atoms with Crippen molar-refractivity contribution < 1.29 is 18.3 Å². The molecule has 1 heterocycles. The van der Waals surface area contributed by atoms with Gasteiger partial charge in [-0.1, -0.05) is 6.42 Å². The molecule has 1 aliphatic heterocycles. The van der Waals surface area contributed by atoms with Crippen LogP contribution in [0.1, 0.15) is 32.1 Å². The lowest BCUT2D eigenvalue weighted by Crippen LogP contribution is -2.51. The number of amides is 1. The second-order valence-electron chi connectivity index (χ2n) is 4.61. The van der Waals surface area contributed by atoms with Gasteiger partial charge in [0, 0.05) is 19.7 Å². The lowest BCUT2D eigenvalue weighted by Gasteiger charge is -2.32. The average Bonchev–Trinajstić information content (AvgIpc) is 2.33. The van der Waals surface area contributed by atoms with E-state index in [9.17, 15) is 13.2 Å². The number of nitrogens with one attached hydrogen (secondary N) is 1. The third-order valence-electron chi connectivity index (χ3n) is 3.07. The number of aliphatic hydroxyl groups is 1. The highest BCUT2D eigenvalue weighted by atomic mass is 32.2. The summed E-state index contributed by atoms with van der Waals surface area (Å²) in [6.45, 7) is 1.01. The summed E-state index contributed by atoms with van der Waals surface area (Å²) in [6.07, 6.45) is 4.75. The highest BCUT2D eigenvalue weighted by molar-refractivity contribution is 7.88. The van der Waals surface area contributed by atoms with Crippen molar-refractivity contribution in [2.24, 2.45) is 0 Å². The van der Waals surface area contributed by atoms with Crippen LogP contribution >= 0.6 is 0 Å². The van der Waals surface area contributed by atoms with Gasteiger partial charge >= 0.3 is 0 Å². The van der Waals surface area contributed by atoms with E-state index in [2.05, 4.69) is 5.32 Å². The predicted molar refractivity (Wildman–Crippen MR) is 68.5 cm³/mol. The van der Waals surface area contributed by atoms with E-state index in [1.54, 1.807) is 0 Å². The van der Waals surface area contributed by atoms with E-state index in [1.807, 2.05) is 0 Å². The number of piperidine rings is 1. The first-order chi connectivity index (χ1) is 8.46.